The van der Waals surface area contributed by atoms with Gasteiger partial charge in [0.15, 0.2) is 0 Å². The van der Waals surface area contributed by atoms with Gasteiger partial charge in [-0.1, -0.05) is 0 Å². The molecule has 90 valence electrons. The van der Waals surface area contributed by atoms with Crippen LogP contribution in [0.5, 0.6) is 0 Å². The molecule has 0 aliphatic rings. The van der Waals surface area contributed by atoms with Crippen LogP contribution >= 0.6 is 0 Å². The zero-order chi connectivity index (χ0) is 12.9. The van der Waals surface area contributed by atoms with Crippen LogP contribution in [0.2, 0.25) is 0 Å². The second kappa shape index (κ2) is 5.30. The number of nitrogens with one attached hydrogen (secondary N) is 1. The van der Waals surface area contributed by atoms with Gasteiger partial charge in [-0.25, -0.2) is 4.98 Å². The van der Waals surface area contributed by atoms with E-state index in [0.29, 0.717) is 12.1 Å². The highest BCUT2D eigenvalue weighted by atomic mass is 16.4. The fourth-order valence-corrected chi connectivity index (χ4v) is 1.44. The largest absolute Gasteiger partial charge is 0.481 e. The molecule has 0 saturated carbocycles. The van der Waals surface area contributed by atoms with Gasteiger partial charge in [-0.3, -0.25) is 4.79 Å². The molecule has 1 rings (SSSR count). The molecule has 5 nitrogen and oxygen atoms in total. The topological polar surface area (TPSA) is 86.0 Å². The lowest BCUT2D eigenvalue weighted by molar-refractivity contribution is -0.137. The molecule has 0 unspecified atom stereocenters. The zero-order valence-electron chi connectivity index (χ0n) is 9.90. The Bertz CT molecular complexity index is 449. The summed E-state index contributed by atoms with van der Waals surface area (Å²) < 4.78 is 0. The van der Waals surface area contributed by atoms with Gasteiger partial charge in [-0.15, -0.1) is 0 Å². The number of rotatable bonds is 5. The first-order chi connectivity index (χ1) is 7.93. The lowest BCUT2D eigenvalue weighted by Crippen LogP contribution is -2.31. The number of carboxylic acids is 1. The number of pyridine rings is 1. The minimum atomic E-state index is -0.813. The molecule has 0 bridgehead atoms. The number of aromatic nitrogens is 1. The lowest BCUT2D eigenvalue weighted by atomic mass is 9.98. The Balaban J connectivity index is 2.69. The molecule has 17 heavy (non-hydrogen) atoms. The summed E-state index contributed by atoms with van der Waals surface area (Å²) >= 11 is 0. The van der Waals surface area contributed by atoms with Gasteiger partial charge in [0.25, 0.3) is 0 Å². The molecule has 0 atom stereocenters. The maximum absolute atomic E-state index is 10.5. The van der Waals surface area contributed by atoms with E-state index >= 15 is 0 Å². The van der Waals surface area contributed by atoms with Crippen LogP contribution in [0.1, 0.15) is 32.4 Å². The standard InChI is InChI=1S/C12H15N3O2/c1-12(2,5-3-11(16)17)15-9-4-6-14-10(7-9)8-13/h4,6-7H,3,5H2,1-2H3,(H,14,15)(H,16,17). The molecule has 0 amide bonds. The number of nitriles is 1. The van der Waals surface area contributed by atoms with E-state index in [1.165, 1.54) is 0 Å². The van der Waals surface area contributed by atoms with Crippen molar-refractivity contribution in [3.05, 3.63) is 24.0 Å². The molecule has 0 saturated heterocycles. The summed E-state index contributed by atoms with van der Waals surface area (Å²) in [6, 6.07) is 5.35. The predicted molar refractivity (Wildman–Crippen MR) is 63.5 cm³/mol. The average Bonchev–Trinajstić information content (AvgIpc) is 2.26. The number of nitrogens with zero attached hydrogens (tertiary/aromatic N) is 2. The van der Waals surface area contributed by atoms with Crippen molar-refractivity contribution in [3.8, 4) is 6.07 Å². The van der Waals surface area contributed by atoms with Crippen molar-refractivity contribution < 1.29 is 9.90 Å². The van der Waals surface area contributed by atoms with Gasteiger partial charge in [0.2, 0.25) is 0 Å². The van der Waals surface area contributed by atoms with Gasteiger partial charge in [-0.05, 0) is 32.4 Å². The van der Waals surface area contributed by atoms with Crippen molar-refractivity contribution in [2.45, 2.75) is 32.2 Å². The Morgan fingerprint density at radius 3 is 2.94 bits per heavy atom. The van der Waals surface area contributed by atoms with Crippen molar-refractivity contribution in [3.63, 3.8) is 0 Å². The molecule has 0 fully saturated rings. The lowest BCUT2D eigenvalue weighted by Gasteiger charge is -2.27. The molecular weight excluding hydrogens is 218 g/mol. The van der Waals surface area contributed by atoms with E-state index in [4.69, 9.17) is 10.4 Å². The van der Waals surface area contributed by atoms with Gasteiger partial charge < -0.3 is 10.4 Å². The van der Waals surface area contributed by atoms with Crippen molar-refractivity contribution in [2.75, 3.05) is 5.32 Å². The van der Waals surface area contributed by atoms with Crippen LogP contribution in [0, 0.1) is 11.3 Å². The number of hydrogen-bond acceptors (Lipinski definition) is 4. The normalized spacial score (nSPS) is 10.6. The second-order valence-corrected chi connectivity index (χ2v) is 4.44. The van der Waals surface area contributed by atoms with Crippen molar-refractivity contribution in [1.29, 1.82) is 5.26 Å². The van der Waals surface area contributed by atoms with Crippen LogP contribution in [0.3, 0.4) is 0 Å². The van der Waals surface area contributed by atoms with Gasteiger partial charge >= 0.3 is 5.97 Å². The predicted octanol–water partition coefficient (Wildman–Crippen LogP) is 2.01. The summed E-state index contributed by atoms with van der Waals surface area (Å²) in [6.45, 7) is 3.84. The summed E-state index contributed by atoms with van der Waals surface area (Å²) in [4.78, 5) is 14.4. The van der Waals surface area contributed by atoms with E-state index in [1.54, 1.807) is 18.3 Å². The first kappa shape index (κ1) is 13.0. The molecule has 0 aliphatic heterocycles. The monoisotopic (exact) mass is 233 g/mol. The summed E-state index contributed by atoms with van der Waals surface area (Å²) in [5.41, 5.74) is 0.767. The van der Waals surface area contributed by atoms with Gasteiger partial charge in [0, 0.05) is 23.8 Å². The molecular formula is C12H15N3O2. The SMILES string of the molecule is CC(C)(CCC(=O)O)Nc1ccnc(C#N)c1. The van der Waals surface area contributed by atoms with Gasteiger partial charge in [-0.2, -0.15) is 5.26 Å². The van der Waals surface area contributed by atoms with E-state index in [-0.39, 0.29) is 12.0 Å². The van der Waals surface area contributed by atoms with Crippen molar-refractivity contribution in [2.24, 2.45) is 0 Å². The highest BCUT2D eigenvalue weighted by Gasteiger charge is 2.18. The zero-order valence-corrected chi connectivity index (χ0v) is 9.90. The molecule has 1 aromatic rings. The third-order valence-corrected chi connectivity index (χ3v) is 2.32. The second-order valence-electron chi connectivity index (χ2n) is 4.44. The van der Waals surface area contributed by atoms with E-state index < -0.39 is 5.97 Å². The van der Waals surface area contributed by atoms with E-state index in [9.17, 15) is 4.79 Å². The minimum Gasteiger partial charge on any atom is -0.481 e. The third kappa shape index (κ3) is 4.51. The Hall–Kier alpha value is -2.09. The van der Waals surface area contributed by atoms with Crippen LogP contribution in [-0.2, 0) is 4.79 Å². The minimum absolute atomic E-state index is 0.107. The number of hydrogen-bond donors (Lipinski definition) is 2. The Morgan fingerprint density at radius 1 is 1.65 bits per heavy atom. The molecule has 1 aromatic heterocycles. The quantitative estimate of drug-likeness (QED) is 0.812. The number of aliphatic carboxylic acids is 1. The summed E-state index contributed by atoms with van der Waals surface area (Å²) in [7, 11) is 0. The number of carbonyl (C=O) groups is 1. The Labute approximate surface area is 100 Å². The van der Waals surface area contributed by atoms with E-state index in [1.807, 2.05) is 19.9 Å². The van der Waals surface area contributed by atoms with Gasteiger partial charge in [0.1, 0.15) is 11.8 Å². The summed E-state index contributed by atoms with van der Waals surface area (Å²) in [5.74, 6) is -0.813. The van der Waals surface area contributed by atoms with Gasteiger partial charge in [0.05, 0.1) is 0 Å². The fraction of sp³-hybridized carbons (Fsp3) is 0.417. The molecule has 0 aromatic carbocycles. The fourth-order valence-electron chi connectivity index (χ4n) is 1.44. The van der Waals surface area contributed by atoms with Crippen molar-refractivity contribution >= 4 is 11.7 Å². The molecule has 5 heteroatoms. The van der Waals surface area contributed by atoms with Crippen LogP contribution < -0.4 is 5.32 Å². The highest BCUT2D eigenvalue weighted by Crippen LogP contribution is 2.19. The maximum Gasteiger partial charge on any atom is 0.303 e. The van der Waals surface area contributed by atoms with E-state index in [0.717, 1.165) is 5.69 Å². The maximum atomic E-state index is 10.5. The third-order valence-electron chi connectivity index (χ3n) is 2.32. The van der Waals surface area contributed by atoms with Crippen molar-refractivity contribution in [1.82, 2.24) is 4.98 Å². The summed E-state index contributed by atoms with van der Waals surface area (Å²) in [6.07, 6.45) is 2.16. The Morgan fingerprint density at radius 2 is 2.35 bits per heavy atom. The average molecular weight is 233 g/mol. The van der Waals surface area contributed by atoms with E-state index in [2.05, 4.69) is 10.3 Å². The first-order valence-corrected chi connectivity index (χ1v) is 5.29. The smallest absolute Gasteiger partial charge is 0.303 e. The summed E-state index contributed by atoms with van der Waals surface area (Å²) in [5, 5.41) is 20.6. The first-order valence-electron chi connectivity index (χ1n) is 5.29. The van der Waals surface area contributed by atoms with Crippen LogP contribution in [0.15, 0.2) is 18.3 Å². The number of anilines is 1. The molecule has 1 heterocycles. The molecule has 0 aliphatic carbocycles. The van der Waals surface area contributed by atoms with Crippen LogP contribution in [0.25, 0.3) is 0 Å². The van der Waals surface area contributed by atoms with Crippen LogP contribution in [-0.4, -0.2) is 21.6 Å². The molecule has 2 N–H and O–H groups in total. The Kier molecular flexibility index (Phi) is 4.05. The van der Waals surface area contributed by atoms with Crippen LogP contribution in [0.4, 0.5) is 5.69 Å². The number of carboxylic acid groups (broad SMARTS) is 1. The molecule has 0 radical (unpaired) electrons. The highest BCUT2D eigenvalue weighted by molar-refractivity contribution is 5.67. The molecule has 0 spiro atoms.